The van der Waals surface area contributed by atoms with Gasteiger partial charge in [-0.2, -0.15) is 0 Å². The zero-order valence-electron chi connectivity index (χ0n) is 11.9. The second-order valence-electron chi connectivity index (χ2n) is 4.30. The maximum atomic E-state index is 12.0. The number of aryl methyl sites for hydroxylation is 1. The van der Waals surface area contributed by atoms with Crippen LogP contribution in [0.15, 0.2) is 33.3 Å². The van der Waals surface area contributed by atoms with E-state index in [1.54, 1.807) is 25.1 Å². The molecule has 1 amide bonds. The van der Waals surface area contributed by atoms with Gasteiger partial charge in [-0.15, -0.1) is 0 Å². The molecule has 1 aromatic carbocycles. The smallest absolute Gasteiger partial charge is 0.339 e. The first-order valence-electron chi connectivity index (χ1n) is 6.23. The first kappa shape index (κ1) is 16.0. The summed E-state index contributed by atoms with van der Waals surface area (Å²) < 4.78 is 15.4. The van der Waals surface area contributed by atoms with Crippen LogP contribution in [0.2, 0.25) is 0 Å². The van der Waals surface area contributed by atoms with Gasteiger partial charge < -0.3 is 14.0 Å². The van der Waals surface area contributed by atoms with Crippen LogP contribution in [0.4, 0.5) is 5.88 Å². The summed E-state index contributed by atoms with van der Waals surface area (Å²) in [4.78, 5) is 23.6. The maximum Gasteiger partial charge on any atom is 0.339 e. The molecule has 0 atom stereocenters. The van der Waals surface area contributed by atoms with E-state index in [2.05, 4.69) is 26.4 Å². The fourth-order valence-corrected chi connectivity index (χ4v) is 2.00. The van der Waals surface area contributed by atoms with E-state index in [1.165, 1.54) is 13.2 Å². The van der Waals surface area contributed by atoms with Crippen molar-refractivity contribution in [3.05, 3.63) is 40.0 Å². The van der Waals surface area contributed by atoms with Crippen molar-refractivity contribution in [1.29, 1.82) is 0 Å². The van der Waals surface area contributed by atoms with Crippen LogP contribution in [-0.2, 0) is 9.53 Å². The summed E-state index contributed by atoms with van der Waals surface area (Å²) in [5.74, 6) is -0.462. The summed E-state index contributed by atoms with van der Waals surface area (Å²) in [7, 11) is 1.49. The van der Waals surface area contributed by atoms with E-state index in [1.807, 2.05) is 0 Å². The molecule has 116 valence electrons. The van der Waals surface area contributed by atoms with Crippen molar-refractivity contribution in [3.63, 3.8) is 0 Å². The molecule has 0 spiro atoms. The van der Waals surface area contributed by atoms with E-state index in [0.717, 1.165) is 0 Å². The largest absolute Gasteiger partial charge is 0.497 e. The minimum absolute atomic E-state index is 0.195. The molecular weight excluding hydrogens is 356 g/mol. The zero-order valence-corrected chi connectivity index (χ0v) is 13.5. The number of nitrogens with zero attached hydrogens (tertiary/aromatic N) is 1. The number of halogens is 1. The standard InChI is InChI=1S/C14H13BrN2O5/c1-8-5-13(22-17-8)16-12(18)7-21-14(19)10-6-9(20-2)3-4-11(10)15/h3-6H,7H2,1-2H3,(H,16,18). The maximum absolute atomic E-state index is 12.0. The van der Waals surface area contributed by atoms with Crippen LogP contribution >= 0.6 is 15.9 Å². The Hall–Kier alpha value is -2.35. The van der Waals surface area contributed by atoms with Crippen molar-refractivity contribution in [2.75, 3.05) is 19.0 Å². The molecule has 0 aliphatic carbocycles. The number of amides is 1. The number of nitrogens with one attached hydrogen (secondary N) is 1. The average Bonchev–Trinajstić information content (AvgIpc) is 2.90. The Morgan fingerprint density at radius 3 is 2.77 bits per heavy atom. The van der Waals surface area contributed by atoms with Crippen molar-refractivity contribution >= 4 is 33.7 Å². The third-order valence-corrected chi connectivity index (χ3v) is 3.31. The summed E-state index contributed by atoms with van der Waals surface area (Å²) >= 11 is 3.24. The zero-order chi connectivity index (χ0) is 16.1. The number of rotatable bonds is 5. The molecular formula is C14H13BrN2O5. The highest BCUT2D eigenvalue weighted by Crippen LogP contribution is 2.23. The number of ether oxygens (including phenoxy) is 2. The van der Waals surface area contributed by atoms with Gasteiger partial charge in [-0.3, -0.25) is 10.1 Å². The number of hydrogen-bond acceptors (Lipinski definition) is 6. The van der Waals surface area contributed by atoms with Crippen molar-refractivity contribution in [2.45, 2.75) is 6.92 Å². The molecule has 0 bridgehead atoms. The van der Waals surface area contributed by atoms with E-state index in [0.29, 0.717) is 15.9 Å². The summed E-state index contributed by atoms with van der Waals surface area (Å²) in [5.41, 5.74) is 0.898. The van der Waals surface area contributed by atoms with Crippen molar-refractivity contribution in [3.8, 4) is 5.75 Å². The Morgan fingerprint density at radius 1 is 1.36 bits per heavy atom. The monoisotopic (exact) mass is 368 g/mol. The molecule has 0 aliphatic heterocycles. The number of methoxy groups -OCH3 is 1. The molecule has 2 rings (SSSR count). The van der Waals surface area contributed by atoms with Crippen LogP contribution in [0.5, 0.6) is 5.75 Å². The molecule has 0 aliphatic rings. The van der Waals surface area contributed by atoms with E-state index in [9.17, 15) is 9.59 Å². The topological polar surface area (TPSA) is 90.7 Å². The van der Waals surface area contributed by atoms with E-state index in [4.69, 9.17) is 14.0 Å². The molecule has 2 aromatic rings. The van der Waals surface area contributed by atoms with Crippen LogP contribution in [-0.4, -0.2) is 30.7 Å². The quantitative estimate of drug-likeness (QED) is 0.815. The number of carbonyl (C=O) groups excluding carboxylic acids is 2. The second-order valence-corrected chi connectivity index (χ2v) is 5.16. The molecule has 7 nitrogen and oxygen atoms in total. The van der Waals surface area contributed by atoms with E-state index >= 15 is 0 Å². The summed E-state index contributed by atoms with van der Waals surface area (Å²) in [5, 5.41) is 6.05. The van der Waals surface area contributed by atoms with Gasteiger partial charge in [-0.05, 0) is 41.1 Å². The molecule has 0 unspecified atom stereocenters. The molecule has 1 heterocycles. The fraction of sp³-hybridized carbons (Fsp3) is 0.214. The number of hydrogen-bond donors (Lipinski definition) is 1. The predicted octanol–water partition coefficient (Wildman–Crippen LogP) is 2.55. The average molecular weight is 369 g/mol. The van der Waals surface area contributed by atoms with Gasteiger partial charge in [0.05, 0.1) is 18.4 Å². The van der Waals surface area contributed by atoms with Crippen molar-refractivity contribution in [2.24, 2.45) is 0 Å². The van der Waals surface area contributed by atoms with E-state index in [-0.39, 0.29) is 11.4 Å². The Kier molecular flexibility index (Phi) is 5.16. The van der Waals surface area contributed by atoms with Gasteiger partial charge in [0.25, 0.3) is 5.91 Å². The minimum atomic E-state index is -0.644. The van der Waals surface area contributed by atoms with Crippen molar-refractivity contribution < 1.29 is 23.6 Å². The predicted molar refractivity (Wildman–Crippen MR) is 80.8 cm³/mol. The number of anilines is 1. The van der Waals surface area contributed by atoms with Crippen LogP contribution < -0.4 is 10.1 Å². The SMILES string of the molecule is COc1ccc(Br)c(C(=O)OCC(=O)Nc2cc(C)no2)c1. The minimum Gasteiger partial charge on any atom is -0.497 e. The Morgan fingerprint density at radius 2 is 2.14 bits per heavy atom. The third-order valence-electron chi connectivity index (χ3n) is 2.62. The molecule has 0 fully saturated rings. The van der Waals surface area contributed by atoms with Gasteiger partial charge >= 0.3 is 5.97 Å². The molecule has 8 heteroatoms. The molecule has 1 N–H and O–H groups in total. The summed E-state index contributed by atoms with van der Waals surface area (Å²) in [6.45, 7) is 1.28. The van der Waals surface area contributed by atoms with Gasteiger partial charge in [-0.1, -0.05) is 5.16 Å². The van der Waals surface area contributed by atoms with Gasteiger partial charge in [0.15, 0.2) is 6.61 Å². The molecule has 22 heavy (non-hydrogen) atoms. The Bertz CT molecular complexity index is 698. The van der Waals surface area contributed by atoms with Gasteiger partial charge in [-0.25, -0.2) is 4.79 Å². The Labute approximate surface area is 134 Å². The van der Waals surface area contributed by atoms with E-state index < -0.39 is 18.5 Å². The fourth-order valence-electron chi connectivity index (χ4n) is 1.59. The lowest BCUT2D eigenvalue weighted by Crippen LogP contribution is -2.20. The van der Waals surface area contributed by atoms with Crippen molar-refractivity contribution in [1.82, 2.24) is 5.16 Å². The lowest BCUT2D eigenvalue weighted by Gasteiger charge is -2.07. The molecule has 1 aromatic heterocycles. The lowest BCUT2D eigenvalue weighted by atomic mass is 10.2. The lowest BCUT2D eigenvalue weighted by molar-refractivity contribution is -0.119. The normalized spacial score (nSPS) is 10.1. The summed E-state index contributed by atoms with van der Waals surface area (Å²) in [6.07, 6.45) is 0. The molecule has 0 saturated carbocycles. The molecule has 0 radical (unpaired) electrons. The first-order chi connectivity index (χ1) is 10.5. The number of esters is 1. The highest BCUT2D eigenvalue weighted by Gasteiger charge is 2.15. The highest BCUT2D eigenvalue weighted by atomic mass is 79.9. The Balaban J connectivity index is 1.93. The number of carbonyl (C=O) groups is 2. The third kappa shape index (κ3) is 4.08. The number of benzene rings is 1. The van der Waals surface area contributed by atoms with Crippen LogP contribution in [0.25, 0.3) is 0 Å². The number of aromatic nitrogens is 1. The summed E-state index contributed by atoms with van der Waals surface area (Å²) in [6, 6.07) is 6.43. The highest BCUT2D eigenvalue weighted by molar-refractivity contribution is 9.10. The second kappa shape index (κ2) is 7.08. The van der Waals surface area contributed by atoms with Gasteiger partial charge in [0, 0.05) is 10.5 Å². The molecule has 0 saturated heterocycles. The van der Waals surface area contributed by atoms with Crippen LogP contribution in [0, 0.1) is 6.92 Å². The van der Waals surface area contributed by atoms with Gasteiger partial charge in [0.2, 0.25) is 5.88 Å². The van der Waals surface area contributed by atoms with Crippen LogP contribution in [0.1, 0.15) is 16.1 Å². The van der Waals surface area contributed by atoms with Gasteiger partial charge in [0.1, 0.15) is 5.75 Å². The van der Waals surface area contributed by atoms with Crippen LogP contribution in [0.3, 0.4) is 0 Å². The first-order valence-corrected chi connectivity index (χ1v) is 7.02.